The molecule has 31 heavy (non-hydrogen) atoms. The fourth-order valence-corrected chi connectivity index (χ4v) is 4.92. The third-order valence-electron chi connectivity index (χ3n) is 4.59. The van der Waals surface area contributed by atoms with Crippen LogP contribution in [0.5, 0.6) is 0 Å². The second-order valence-electron chi connectivity index (χ2n) is 6.80. The first-order chi connectivity index (χ1) is 15.0. The lowest BCUT2D eigenvalue weighted by Crippen LogP contribution is -2.23. The van der Waals surface area contributed by atoms with Crippen molar-refractivity contribution in [3.05, 3.63) is 58.5 Å². The average molecular weight is 461 g/mol. The van der Waals surface area contributed by atoms with Gasteiger partial charge in [-0.3, -0.25) is 14.2 Å². The number of halogens is 2. The summed E-state index contributed by atoms with van der Waals surface area (Å²) in [5, 5.41) is 3.64. The molecule has 3 aromatic heterocycles. The third-order valence-corrected chi connectivity index (χ3v) is 6.66. The van der Waals surface area contributed by atoms with Crippen molar-refractivity contribution in [2.45, 2.75) is 31.5 Å². The number of thioether (sulfide) groups is 1. The number of pyridine rings is 1. The van der Waals surface area contributed by atoms with E-state index in [-0.39, 0.29) is 17.0 Å². The van der Waals surface area contributed by atoms with Crippen LogP contribution in [0.2, 0.25) is 0 Å². The molecule has 0 unspecified atom stereocenters. The Kier molecular flexibility index (Phi) is 6.28. The second kappa shape index (κ2) is 9.11. The van der Waals surface area contributed by atoms with Crippen LogP contribution in [0.25, 0.3) is 20.4 Å². The predicted octanol–water partition coefficient (Wildman–Crippen LogP) is 4.82. The Hall–Kier alpha value is -2.85. The number of benzene rings is 1. The number of carbonyl (C=O) groups is 1. The first-order valence-corrected chi connectivity index (χ1v) is 11.4. The molecule has 0 fully saturated rings. The number of hydrogen-bond donors (Lipinski definition) is 1. The Morgan fingerprint density at radius 1 is 1.29 bits per heavy atom. The van der Waals surface area contributed by atoms with E-state index in [1.165, 1.54) is 17.4 Å². The van der Waals surface area contributed by atoms with E-state index in [0.717, 1.165) is 40.9 Å². The van der Waals surface area contributed by atoms with Crippen LogP contribution >= 0.6 is 23.1 Å². The smallest absolute Gasteiger partial charge is 0.272 e. The van der Waals surface area contributed by atoms with Gasteiger partial charge in [0.25, 0.3) is 5.56 Å². The summed E-state index contributed by atoms with van der Waals surface area (Å²) in [4.78, 5) is 35.2. The lowest BCUT2D eigenvalue weighted by Gasteiger charge is -2.12. The number of aromatic nitrogens is 3. The largest absolute Gasteiger partial charge is 0.323 e. The van der Waals surface area contributed by atoms with Gasteiger partial charge in [0.2, 0.25) is 5.91 Å². The molecule has 0 bridgehead atoms. The van der Waals surface area contributed by atoms with Crippen molar-refractivity contribution in [2.24, 2.45) is 0 Å². The molecular formula is C21H18F2N4O2S2. The molecule has 160 valence electrons. The molecule has 0 saturated heterocycles. The molecule has 1 amide bonds. The molecule has 1 N–H and O–H groups in total. The predicted molar refractivity (Wildman–Crippen MR) is 120 cm³/mol. The summed E-state index contributed by atoms with van der Waals surface area (Å²) in [6.07, 6.45) is 3.35. The Balaban J connectivity index is 1.64. The van der Waals surface area contributed by atoms with Gasteiger partial charge in [-0.25, -0.2) is 18.7 Å². The molecule has 0 saturated carbocycles. The van der Waals surface area contributed by atoms with Crippen LogP contribution in [0.1, 0.15) is 19.8 Å². The van der Waals surface area contributed by atoms with Gasteiger partial charge in [0.05, 0.1) is 17.0 Å². The number of carbonyl (C=O) groups excluding carboxylic acids is 1. The van der Waals surface area contributed by atoms with E-state index in [0.29, 0.717) is 28.0 Å². The van der Waals surface area contributed by atoms with Gasteiger partial charge in [-0.05, 0) is 30.7 Å². The first kappa shape index (κ1) is 21.4. The van der Waals surface area contributed by atoms with Gasteiger partial charge >= 0.3 is 0 Å². The number of hydrogen-bond acceptors (Lipinski definition) is 6. The topological polar surface area (TPSA) is 76.9 Å². The monoisotopic (exact) mass is 460 g/mol. The minimum Gasteiger partial charge on any atom is -0.323 e. The summed E-state index contributed by atoms with van der Waals surface area (Å²) in [6, 6.07) is 6.59. The van der Waals surface area contributed by atoms with E-state index >= 15 is 0 Å². The Labute approximate surface area is 184 Å². The molecule has 0 radical (unpaired) electrons. The second-order valence-corrected chi connectivity index (χ2v) is 8.74. The van der Waals surface area contributed by atoms with Crippen LogP contribution in [0.4, 0.5) is 14.5 Å². The number of thiophene rings is 1. The Morgan fingerprint density at radius 2 is 2.13 bits per heavy atom. The minimum absolute atomic E-state index is 0.0821. The van der Waals surface area contributed by atoms with Crippen molar-refractivity contribution >= 4 is 55.1 Å². The summed E-state index contributed by atoms with van der Waals surface area (Å²) in [7, 11) is 0. The van der Waals surface area contributed by atoms with Crippen molar-refractivity contribution in [1.29, 1.82) is 0 Å². The third kappa shape index (κ3) is 4.45. The van der Waals surface area contributed by atoms with Gasteiger partial charge < -0.3 is 5.32 Å². The fraction of sp³-hybridized carbons (Fsp3) is 0.238. The zero-order chi connectivity index (χ0) is 22.0. The van der Waals surface area contributed by atoms with E-state index in [1.807, 2.05) is 13.0 Å². The van der Waals surface area contributed by atoms with Crippen molar-refractivity contribution in [3.63, 3.8) is 0 Å². The van der Waals surface area contributed by atoms with Crippen molar-refractivity contribution in [2.75, 3.05) is 11.1 Å². The van der Waals surface area contributed by atoms with E-state index in [9.17, 15) is 18.4 Å². The highest BCUT2D eigenvalue weighted by Crippen LogP contribution is 2.30. The van der Waals surface area contributed by atoms with Crippen LogP contribution < -0.4 is 10.9 Å². The van der Waals surface area contributed by atoms with E-state index in [4.69, 9.17) is 0 Å². The molecule has 10 heteroatoms. The van der Waals surface area contributed by atoms with Crippen LogP contribution in [0.3, 0.4) is 0 Å². The molecule has 4 aromatic rings. The number of unbranched alkanes of at least 4 members (excludes halogenated alkanes) is 1. The number of amides is 1. The standard InChI is InChI=1S/C21H18F2N4O2S2/c1-2-3-9-27-20(29)18-17(13-5-4-8-24-19(13)31-18)26-21(27)30-11-16(28)25-15-7-6-12(22)10-14(15)23/h4-8,10H,2-3,9,11H2,1H3,(H,25,28). The van der Waals surface area contributed by atoms with Crippen molar-refractivity contribution in [1.82, 2.24) is 14.5 Å². The number of fused-ring (bicyclic) bond motifs is 3. The lowest BCUT2D eigenvalue weighted by molar-refractivity contribution is -0.113. The zero-order valence-electron chi connectivity index (χ0n) is 16.5. The summed E-state index contributed by atoms with van der Waals surface area (Å²) < 4.78 is 29.0. The molecule has 0 aliphatic rings. The van der Waals surface area contributed by atoms with Gasteiger partial charge in [0.15, 0.2) is 5.16 Å². The van der Waals surface area contributed by atoms with Crippen LogP contribution in [-0.2, 0) is 11.3 Å². The summed E-state index contributed by atoms with van der Waals surface area (Å²) in [6.45, 7) is 2.51. The quantitative estimate of drug-likeness (QED) is 0.316. The highest BCUT2D eigenvalue weighted by atomic mass is 32.2. The Bertz CT molecular complexity index is 1340. The van der Waals surface area contributed by atoms with Crippen molar-refractivity contribution in [3.8, 4) is 0 Å². The van der Waals surface area contributed by atoms with Gasteiger partial charge in [-0.15, -0.1) is 11.3 Å². The van der Waals surface area contributed by atoms with Gasteiger partial charge in [0, 0.05) is 24.2 Å². The number of anilines is 1. The average Bonchev–Trinajstić information content (AvgIpc) is 3.13. The van der Waals surface area contributed by atoms with Gasteiger partial charge in [-0.1, -0.05) is 25.1 Å². The molecule has 3 heterocycles. The van der Waals surface area contributed by atoms with E-state index in [1.54, 1.807) is 16.8 Å². The molecule has 1 aromatic carbocycles. The number of rotatable bonds is 7. The SMILES string of the molecule is CCCCn1c(SCC(=O)Nc2ccc(F)cc2F)nc2c(sc3ncccc32)c1=O. The molecule has 0 spiro atoms. The van der Waals surface area contributed by atoms with E-state index < -0.39 is 17.5 Å². The van der Waals surface area contributed by atoms with Crippen LogP contribution in [0.15, 0.2) is 46.5 Å². The number of nitrogens with one attached hydrogen (secondary N) is 1. The maximum absolute atomic E-state index is 13.8. The summed E-state index contributed by atoms with van der Waals surface area (Å²) in [5.74, 6) is -2.14. The molecule has 0 aliphatic heterocycles. The normalized spacial score (nSPS) is 11.3. The van der Waals surface area contributed by atoms with E-state index in [2.05, 4.69) is 15.3 Å². The minimum atomic E-state index is -0.852. The van der Waals surface area contributed by atoms with Gasteiger partial charge in [-0.2, -0.15) is 0 Å². The van der Waals surface area contributed by atoms with Crippen molar-refractivity contribution < 1.29 is 13.6 Å². The molecule has 4 rings (SSSR count). The first-order valence-electron chi connectivity index (χ1n) is 9.63. The van der Waals surface area contributed by atoms with Gasteiger partial charge in [0.1, 0.15) is 21.2 Å². The highest BCUT2D eigenvalue weighted by molar-refractivity contribution is 7.99. The Morgan fingerprint density at radius 3 is 2.90 bits per heavy atom. The summed E-state index contributed by atoms with van der Waals surface area (Å²) in [5.41, 5.74) is 0.306. The maximum atomic E-state index is 13.8. The molecule has 0 atom stereocenters. The maximum Gasteiger partial charge on any atom is 0.272 e. The highest BCUT2D eigenvalue weighted by Gasteiger charge is 2.18. The van der Waals surface area contributed by atoms with Crippen LogP contribution in [0, 0.1) is 11.6 Å². The van der Waals surface area contributed by atoms with Crippen LogP contribution in [-0.4, -0.2) is 26.2 Å². The molecular weight excluding hydrogens is 442 g/mol. The zero-order valence-corrected chi connectivity index (χ0v) is 18.2. The molecule has 0 aliphatic carbocycles. The summed E-state index contributed by atoms with van der Waals surface area (Å²) >= 11 is 2.41. The lowest BCUT2D eigenvalue weighted by atomic mass is 10.3. The fourth-order valence-electron chi connectivity index (χ4n) is 3.07. The molecule has 6 nitrogen and oxygen atoms in total. The number of nitrogens with zero attached hydrogens (tertiary/aromatic N) is 3.